The van der Waals surface area contributed by atoms with Crippen LogP contribution >= 0.6 is 11.5 Å². The molecule has 1 N–H and O–H groups in total. The summed E-state index contributed by atoms with van der Waals surface area (Å²) in [5.41, 5.74) is 3.37. The third-order valence-electron chi connectivity index (χ3n) is 5.32. The molecule has 2 aromatic carbocycles. The number of nitrogens with zero attached hydrogens (tertiary/aromatic N) is 4. The summed E-state index contributed by atoms with van der Waals surface area (Å²) in [5.74, 6) is -0.227. The van der Waals surface area contributed by atoms with Crippen molar-refractivity contribution in [2.45, 2.75) is 12.3 Å². The summed E-state index contributed by atoms with van der Waals surface area (Å²) >= 11 is 1.27. The van der Waals surface area contributed by atoms with Crippen molar-refractivity contribution in [3.8, 4) is 11.1 Å². The van der Waals surface area contributed by atoms with Crippen molar-refractivity contribution >= 4 is 43.2 Å². The van der Waals surface area contributed by atoms with Crippen molar-refractivity contribution in [2.24, 2.45) is 7.05 Å². The van der Waals surface area contributed by atoms with Gasteiger partial charge in [-0.1, -0.05) is 18.2 Å². The van der Waals surface area contributed by atoms with Crippen LogP contribution in [0.15, 0.2) is 71.4 Å². The fraction of sp³-hybridized carbons (Fsp3) is 0.130. The second-order valence-electron chi connectivity index (χ2n) is 7.76. The van der Waals surface area contributed by atoms with E-state index in [0.29, 0.717) is 21.9 Å². The lowest BCUT2D eigenvalue weighted by molar-refractivity contribution is 0.580. The molecule has 0 aliphatic heterocycles. The molecule has 3 heterocycles. The smallest absolute Gasteiger partial charge is 0.216 e. The molecule has 3 aromatic heterocycles. The number of hydrogen-bond acceptors (Lipinski definition) is 7. The van der Waals surface area contributed by atoms with Crippen LogP contribution < -0.4 is 10.2 Å². The van der Waals surface area contributed by atoms with Gasteiger partial charge < -0.3 is 0 Å². The number of benzene rings is 1. The van der Waals surface area contributed by atoms with E-state index in [1.165, 1.54) is 11.5 Å². The summed E-state index contributed by atoms with van der Waals surface area (Å²) in [7, 11) is -1.76. The van der Waals surface area contributed by atoms with Crippen LogP contribution in [0.5, 0.6) is 0 Å². The second-order valence-corrected chi connectivity index (χ2v) is 10.2. The van der Waals surface area contributed by atoms with Gasteiger partial charge in [-0.25, -0.2) is 17.5 Å². The number of pyridine rings is 1. The molecule has 0 unspecified atom stereocenters. The van der Waals surface area contributed by atoms with Gasteiger partial charge in [-0.05, 0) is 46.2 Å². The highest BCUT2D eigenvalue weighted by Gasteiger charge is 2.14. The molecule has 0 atom stereocenters. The Morgan fingerprint density at radius 1 is 1.00 bits per heavy atom. The molecule has 5 aromatic rings. The number of aryl methyl sites for hydroxylation is 1. The highest BCUT2D eigenvalue weighted by Crippen LogP contribution is 2.22. The molecule has 166 valence electrons. The summed E-state index contributed by atoms with van der Waals surface area (Å²) in [6, 6.07) is 10.6. The molecule has 0 saturated carbocycles. The molecule has 0 fully saturated rings. The molecule has 0 spiro atoms. The number of fused-ring (bicyclic) bond motifs is 2. The number of nitrogens with one attached hydrogen (secondary N) is 1. The van der Waals surface area contributed by atoms with E-state index in [-0.39, 0.29) is 17.7 Å². The van der Waals surface area contributed by atoms with Gasteiger partial charge in [0.05, 0.1) is 17.5 Å². The number of aromatic nitrogens is 4. The van der Waals surface area contributed by atoms with Gasteiger partial charge >= 0.3 is 0 Å². The Morgan fingerprint density at radius 3 is 2.61 bits per heavy atom. The minimum atomic E-state index is -3.59. The maximum absolute atomic E-state index is 13.4. The Balaban J connectivity index is 1.54. The van der Waals surface area contributed by atoms with Crippen molar-refractivity contribution in [1.29, 1.82) is 0 Å². The monoisotopic (exact) mass is 477 g/mol. The largest absolute Gasteiger partial charge is 0.289 e. The van der Waals surface area contributed by atoms with Crippen LogP contribution in [-0.2, 0) is 29.4 Å². The van der Waals surface area contributed by atoms with Gasteiger partial charge in [-0.2, -0.15) is 5.10 Å². The summed E-state index contributed by atoms with van der Waals surface area (Å²) in [6.45, 7) is 0.182. The van der Waals surface area contributed by atoms with Crippen molar-refractivity contribution in [3.05, 3.63) is 87.9 Å². The average molecular weight is 478 g/mol. The zero-order valence-electron chi connectivity index (χ0n) is 17.6. The highest BCUT2D eigenvalue weighted by atomic mass is 32.2. The number of rotatable bonds is 6. The van der Waals surface area contributed by atoms with Gasteiger partial charge in [-0.15, -0.1) is 0 Å². The summed E-state index contributed by atoms with van der Waals surface area (Å²) in [6.07, 6.45) is 6.93. The van der Waals surface area contributed by atoms with Gasteiger partial charge in [0, 0.05) is 59.5 Å². The summed E-state index contributed by atoms with van der Waals surface area (Å²) in [5, 5.41) is 7.61. The van der Waals surface area contributed by atoms with Crippen molar-refractivity contribution in [3.63, 3.8) is 0 Å². The molecule has 0 aliphatic carbocycles. The quantitative estimate of drug-likeness (QED) is 0.402. The minimum absolute atomic E-state index is 0.182. The Kier molecular flexibility index (Phi) is 5.49. The van der Waals surface area contributed by atoms with Crippen LogP contribution in [-0.4, -0.2) is 27.6 Å². The zero-order valence-corrected chi connectivity index (χ0v) is 19.2. The molecule has 0 radical (unpaired) electrons. The number of hydrogen-bond donors (Lipinski definition) is 1. The second kappa shape index (κ2) is 8.47. The standard InChI is InChI=1S/C23H19N5O3S2/c1-28-12-19(11-25-28)18-7-21-22(24-10-18)5-4-17-3-2-15(6-20(17)23(21)29)14-33(30,31)27-9-16-8-26-32-13-16/h2-8,10-13,27H,9,14H2,1H3. The first kappa shape index (κ1) is 21.4. The summed E-state index contributed by atoms with van der Waals surface area (Å²) in [4.78, 5) is 17.9. The lowest BCUT2D eigenvalue weighted by atomic mass is 10.1. The van der Waals surface area contributed by atoms with Crippen molar-refractivity contribution < 1.29 is 8.42 Å². The van der Waals surface area contributed by atoms with E-state index in [2.05, 4.69) is 19.2 Å². The Hall–Kier alpha value is -3.47. The first-order chi connectivity index (χ1) is 15.9. The maximum atomic E-state index is 13.4. The topological polar surface area (TPSA) is 107 Å². The lowest BCUT2D eigenvalue weighted by Gasteiger charge is -2.06. The minimum Gasteiger partial charge on any atom is -0.289 e. The molecule has 0 aliphatic rings. The van der Waals surface area contributed by atoms with E-state index < -0.39 is 10.0 Å². The SMILES string of the molecule is Cn1cc(-c2cnc3ccc4ccc(CS(=O)(=O)NCc5cnsc5)cc4c(=O)c3c2)cn1. The zero-order chi connectivity index (χ0) is 23.0. The van der Waals surface area contributed by atoms with Crippen LogP contribution in [0.4, 0.5) is 0 Å². The Labute approximate surface area is 193 Å². The molecular weight excluding hydrogens is 458 g/mol. The molecule has 0 amide bonds. The molecule has 0 bridgehead atoms. The molecule has 10 heteroatoms. The van der Waals surface area contributed by atoms with E-state index in [1.807, 2.05) is 19.3 Å². The Morgan fingerprint density at radius 2 is 1.85 bits per heavy atom. The van der Waals surface area contributed by atoms with Crippen molar-refractivity contribution in [1.82, 2.24) is 23.9 Å². The fourth-order valence-corrected chi connectivity index (χ4v) is 5.29. The molecule has 5 rings (SSSR count). The predicted octanol–water partition coefficient (Wildman–Crippen LogP) is 3.22. The van der Waals surface area contributed by atoms with Crippen molar-refractivity contribution in [2.75, 3.05) is 0 Å². The normalized spacial score (nSPS) is 11.9. The first-order valence-electron chi connectivity index (χ1n) is 10.1. The molecule has 0 saturated heterocycles. The molecule has 33 heavy (non-hydrogen) atoms. The maximum Gasteiger partial charge on any atom is 0.216 e. The average Bonchev–Trinajstić information content (AvgIpc) is 3.45. The van der Waals surface area contributed by atoms with E-state index in [0.717, 1.165) is 22.1 Å². The van der Waals surface area contributed by atoms with Gasteiger partial charge in [0.15, 0.2) is 5.43 Å². The van der Waals surface area contributed by atoms with E-state index in [9.17, 15) is 13.2 Å². The van der Waals surface area contributed by atoms with Gasteiger partial charge in [0.25, 0.3) is 0 Å². The van der Waals surface area contributed by atoms with E-state index >= 15 is 0 Å². The first-order valence-corrected chi connectivity index (χ1v) is 12.6. The van der Waals surface area contributed by atoms with Gasteiger partial charge in [0.2, 0.25) is 10.0 Å². The number of sulfonamides is 1. The van der Waals surface area contributed by atoms with Crippen LogP contribution in [0.1, 0.15) is 11.1 Å². The molecular formula is C23H19N5O3S2. The summed E-state index contributed by atoms with van der Waals surface area (Å²) < 4.78 is 33.4. The van der Waals surface area contributed by atoms with E-state index in [4.69, 9.17) is 0 Å². The van der Waals surface area contributed by atoms with Gasteiger partial charge in [0.1, 0.15) is 0 Å². The van der Waals surface area contributed by atoms with Crippen LogP contribution in [0.2, 0.25) is 0 Å². The van der Waals surface area contributed by atoms with Crippen LogP contribution in [0.25, 0.3) is 32.8 Å². The van der Waals surface area contributed by atoms with Crippen LogP contribution in [0, 0.1) is 0 Å². The highest BCUT2D eigenvalue weighted by molar-refractivity contribution is 7.88. The third kappa shape index (κ3) is 4.54. The van der Waals surface area contributed by atoms with E-state index in [1.54, 1.807) is 59.0 Å². The van der Waals surface area contributed by atoms with Gasteiger partial charge in [-0.3, -0.25) is 14.5 Å². The van der Waals surface area contributed by atoms with Crippen LogP contribution in [0.3, 0.4) is 0 Å². The fourth-order valence-electron chi connectivity index (χ4n) is 3.64. The lowest BCUT2D eigenvalue weighted by Crippen LogP contribution is -2.24. The molecule has 8 nitrogen and oxygen atoms in total. The third-order valence-corrected chi connectivity index (χ3v) is 7.25. The Bertz CT molecular complexity index is 1640. The predicted molar refractivity (Wildman–Crippen MR) is 129 cm³/mol.